The van der Waals surface area contributed by atoms with Gasteiger partial charge < -0.3 is 19.3 Å². The van der Waals surface area contributed by atoms with Crippen LogP contribution in [-0.2, 0) is 13.2 Å². The molecule has 0 aliphatic rings. The van der Waals surface area contributed by atoms with E-state index < -0.39 is 0 Å². The largest absolute Gasteiger partial charge is 0.497 e. The van der Waals surface area contributed by atoms with Gasteiger partial charge in [0.2, 0.25) is 11.7 Å². The lowest BCUT2D eigenvalue weighted by atomic mass is 10.3. The molecule has 25 heavy (non-hydrogen) atoms. The van der Waals surface area contributed by atoms with Crippen LogP contribution in [0, 0.1) is 0 Å². The third-order valence-corrected chi connectivity index (χ3v) is 3.24. The normalized spacial score (nSPS) is 10.3. The molecule has 0 bridgehead atoms. The maximum atomic E-state index is 11.9. The summed E-state index contributed by atoms with van der Waals surface area (Å²) < 4.78 is 15.7. The molecule has 3 aromatic rings. The van der Waals surface area contributed by atoms with Crippen LogP contribution in [0.3, 0.4) is 0 Å². The lowest BCUT2D eigenvalue weighted by Crippen LogP contribution is -2.23. The molecule has 8 nitrogen and oxygen atoms in total. The molecule has 1 N–H and O–H groups in total. The first kappa shape index (κ1) is 16.4. The molecule has 0 aliphatic heterocycles. The van der Waals surface area contributed by atoms with Crippen LogP contribution in [-0.4, -0.2) is 28.1 Å². The van der Waals surface area contributed by atoms with E-state index in [-0.39, 0.29) is 24.9 Å². The number of ether oxygens (including phenoxy) is 2. The fourth-order valence-corrected chi connectivity index (χ4v) is 1.98. The molecular formula is C17H16N4O4. The summed E-state index contributed by atoms with van der Waals surface area (Å²) in [7, 11) is 1.60. The van der Waals surface area contributed by atoms with Gasteiger partial charge in [0.05, 0.1) is 13.7 Å². The van der Waals surface area contributed by atoms with Crippen LogP contribution < -0.4 is 14.8 Å². The van der Waals surface area contributed by atoms with Crippen LogP contribution in [0.25, 0.3) is 0 Å². The Balaban J connectivity index is 1.49. The van der Waals surface area contributed by atoms with Crippen molar-refractivity contribution in [2.75, 3.05) is 7.11 Å². The number of amides is 1. The molecule has 0 spiro atoms. The van der Waals surface area contributed by atoms with Gasteiger partial charge in [-0.05, 0) is 36.4 Å². The molecule has 2 heterocycles. The number of hydrogen-bond acceptors (Lipinski definition) is 7. The van der Waals surface area contributed by atoms with E-state index in [1.807, 2.05) is 0 Å². The molecule has 2 aromatic heterocycles. The molecule has 0 radical (unpaired) electrons. The van der Waals surface area contributed by atoms with Gasteiger partial charge in [0.15, 0.2) is 6.61 Å². The van der Waals surface area contributed by atoms with E-state index in [0.29, 0.717) is 17.3 Å². The van der Waals surface area contributed by atoms with E-state index in [4.69, 9.17) is 14.0 Å². The summed E-state index contributed by atoms with van der Waals surface area (Å²) >= 11 is 0. The first-order valence-corrected chi connectivity index (χ1v) is 7.52. The minimum Gasteiger partial charge on any atom is -0.497 e. The zero-order valence-corrected chi connectivity index (χ0v) is 13.5. The van der Waals surface area contributed by atoms with Crippen molar-refractivity contribution in [1.29, 1.82) is 0 Å². The highest BCUT2D eigenvalue weighted by Crippen LogP contribution is 2.17. The third-order valence-electron chi connectivity index (χ3n) is 3.24. The van der Waals surface area contributed by atoms with Gasteiger partial charge in [0, 0.05) is 6.20 Å². The molecule has 128 valence electrons. The summed E-state index contributed by atoms with van der Waals surface area (Å²) in [5.74, 6) is 1.78. The van der Waals surface area contributed by atoms with Gasteiger partial charge in [-0.15, -0.1) is 0 Å². The predicted octanol–water partition coefficient (Wildman–Crippen LogP) is 1.98. The summed E-state index contributed by atoms with van der Waals surface area (Å²) in [6, 6.07) is 12.3. The number of aromatic nitrogens is 3. The molecule has 0 saturated carbocycles. The van der Waals surface area contributed by atoms with E-state index in [2.05, 4.69) is 20.4 Å². The highest BCUT2D eigenvalue weighted by Gasteiger charge is 2.10. The molecule has 8 heteroatoms. The van der Waals surface area contributed by atoms with Crippen LogP contribution in [0.4, 0.5) is 0 Å². The van der Waals surface area contributed by atoms with Crippen LogP contribution in [0.15, 0.2) is 53.2 Å². The van der Waals surface area contributed by atoms with Crippen molar-refractivity contribution >= 4 is 5.91 Å². The van der Waals surface area contributed by atoms with Crippen molar-refractivity contribution in [1.82, 2.24) is 20.4 Å². The Labute approximate surface area is 143 Å². The quantitative estimate of drug-likeness (QED) is 0.702. The molecule has 1 amide bonds. The average molecular weight is 340 g/mol. The molecule has 3 rings (SSSR count). The monoisotopic (exact) mass is 340 g/mol. The molecule has 1 aromatic carbocycles. The minimum atomic E-state index is -0.310. The Hall–Kier alpha value is -3.42. The van der Waals surface area contributed by atoms with Crippen molar-refractivity contribution in [2.45, 2.75) is 13.2 Å². The van der Waals surface area contributed by atoms with Crippen LogP contribution >= 0.6 is 0 Å². The van der Waals surface area contributed by atoms with Crippen LogP contribution in [0.2, 0.25) is 0 Å². The van der Waals surface area contributed by atoms with Gasteiger partial charge in [0.1, 0.15) is 17.2 Å². The summed E-state index contributed by atoms with van der Waals surface area (Å²) in [5, 5.41) is 6.48. The Kier molecular flexibility index (Phi) is 5.20. The number of nitrogens with one attached hydrogen (secondary N) is 1. The SMILES string of the molecule is COc1ccc(OCc2noc(CNC(=O)c3ccccn3)n2)cc1. The average Bonchev–Trinajstić information content (AvgIpc) is 3.13. The zero-order valence-electron chi connectivity index (χ0n) is 13.5. The lowest BCUT2D eigenvalue weighted by Gasteiger charge is -2.04. The Bertz CT molecular complexity index is 818. The van der Waals surface area contributed by atoms with Crippen molar-refractivity contribution in [3.63, 3.8) is 0 Å². The fraction of sp³-hybridized carbons (Fsp3) is 0.176. The summed E-state index contributed by atoms with van der Waals surface area (Å²) in [6.07, 6.45) is 1.55. The molecule has 0 fully saturated rings. The maximum absolute atomic E-state index is 11.9. The topological polar surface area (TPSA) is 99.4 Å². The fourth-order valence-electron chi connectivity index (χ4n) is 1.98. The Morgan fingerprint density at radius 2 is 1.96 bits per heavy atom. The number of carbonyl (C=O) groups excluding carboxylic acids is 1. The summed E-state index contributed by atoms with van der Waals surface area (Å²) in [4.78, 5) is 20.0. The zero-order chi connectivity index (χ0) is 17.5. The summed E-state index contributed by atoms with van der Waals surface area (Å²) in [6.45, 7) is 0.273. The number of carbonyl (C=O) groups is 1. The second kappa shape index (κ2) is 7.91. The second-order valence-electron chi connectivity index (χ2n) is 4.97. The van der Waals surface area contributed by atoms with E-state index in [1.54, 1.807) is 55.8 Å². The predicted molar refractivity (Wildman–Crippen MR) is 87.0 cm³/mol. The molecular weight excluding hydrogens is 324 g/mol. The maximum Gasteiger partial charge on any atom is 0.270 e. The summed E-state index contributed by atoms with van der Waals surface area (Å²) in [5.41, 5.74) is 0.324. The second-order valence-corrected chi connectivity index (χ2v) is 4.97. The van der Waals surface area contributed by atoms with Crippen LogP contribution in [0.5, 0.6) is 11.5 Å². The van der Waals surface area contributed by atoms with Gasteiger partial charge in [-0.1, -0.05) is 11.2 Å². The van der Waals surface area contributed by atoms with Crippen molar-refractivity contribution < 1.29 is 18.8 Å². The van der Waals surface area contributed by atoms with Crippen molar-refractivity contribution in [3.05, 3.63) is 66.1 Å². The van der Waals surface area contributed by atoms with E-state index in [0.717, 1.165) is 5.75 Å². The standard InChI is InChI=1S/C17H16N4O4/c1-23-12-5-7-13(8-6-12)24-11-15-20-16(25-21-15)10-19-17(22)14-4-2-3-9-18-14/h2-9H,10-11H2,1H3,(H,19,22). The van der Waals surface area contributed by atoms with Crippen molar-refractivity contribution in [3.8, 4) is 11.5 Å². The third kappa shape index (κ3) is 4.54. The molecule has 0 aliphatic carbocycles. The number of rotatable bonds is 7. The number of nitrogens with zero attached hydrogens (tertiary/aromatic N) is 3. The first-order chi connectivity index (χ1) is 12.2. The smallest absolute Gasteiger partial charge is 0.270 e. The van der Waals surface area contributed by atoms with Crippen LogP contribution in [0.1, 0.15) is 22.2 Å². The molecule has 0 unspecified atom stereocenters. The molecule has 0 saturated heterocycles. The first-order valence-electron chi connectivity index (χ1n) is 7.52. The van der Waals surface area contributed by atoms with Gasteiger partial charge in [-0.3, -0.25) is 9.78 Å². The molecule has 0 atom stereocenters. The van der Waals surface area contributed by atoms with E-state index in [1.165, 1.54) is 0 Å². The van der Waals surface area contributed by atoms with E-state index in [9.17, 15) is 4.79 Å². The minimum absolute atomic E-state index is 0.116. The Morgan fingerprint density at radius 3 is 2.68 bits per heavy atom. The number of benzene rings is 1. The Morgan fingerprint density at radius 1 is 1.16 bits per heavy atom. The van der Waals surface area contributed by atoms with E-state index >= 15 is 0 Å². The number of methoxy groups -OCH3 is 1. The van der Waals surface area contributed by atoms with Gasteiger partial charge in [-0.2, -0.15) is 4.98 Å². The van der Waals surface area contributed by atoms with Gasteiger partial charge in [-0.25, -0.2) is 0 Å². The number of hydrogen-bond donors (Lipinski definition) is 1. The highest BCUT2D eigenvalue weighted by atomic mass is 16.5. The van der Waals surface area contributed by atoms with Crippen molar-refractivity contribution in [2.24, 2.45) is 0 Å². The van der Waals surface area contributed by atoms with Gasteiger partial charge >= 0.3 is 0 Å². The lowest BCUT2D eigenvalue weighted by molar-refractivity contribution is 0.0941. The van der Waals surface area contributed by atoms with Gasteiger partial charge in [0.25, 0.3) is 5.91 Å². The highest BCUT2D eigenvalue weighted by molar-refractivity contribution is 5.91. The number of pyridine rings is 1.